The number of amides is 1. The second-order valence-corrected chi connectivity index (χ2v) is 7.33. The highest BCUT2D eigenvalue weighted by atomic mass is 16.3. The highest BCUT2D eigenvalue weighted by Gasteiger charge is 2.25. The Morgan fingerprint density at radius 1 is 1.21 bits per heavy atom. The SMILES string of the molecule is CC(=O)N(Cc1cncnc1)[C@@H]1CCCN(Cc2nc3ccccc3o2)CC1. The van der Waals surface area contributed by atoms with Crippen LogP contribution in [0.3, 0.4) is 0 Å². The molecule has 0 bridgehead atoms. The molecule has 1 aliphatic rings. The Bertz CT molecular complexity index is 894. The highest BCUT2D eigenvalue weighted by molar-refractivity contribution is 5.73. The largest absolute Gasteiger partial charge is 0.439 e. The maximum Gasteiger partial charge on any atom is 0.219 e. The molecular formula is C21H25N5O2. The third-order valence-corrected chi connectivity index (χ3v) is 5.30. The Labute approximate surface area is 164 Å². The van der Waals surface area contributed by atoms with Gasteiger partial charge in [0.2, 0.25) is 11.8 Å². The lowest BCUT2D eigenvalue weighted by Crippen LogP contribution is -2.39. The van der Waals surface area contributed by atoms with E-state index < -0.39 is 0 Å². The summed E-state index contributed by atoms with van der Waals surface area (Å²) in [4.78, 5) is 29.3. The molecule has 3 heterocycles. The minimum atomic E-state index is 0.0984. The van der Waals surface area contributed by atoms with E-state index in [-0.39, 0.29) is 11.9 Å². The molecule has 1 aromatic carbocycles. The first-order valence-corrected chi connectivity index (χ1v) is 9.77. The van der Waals surface area contributed by atoms with Crippen LogP contribution < -0.4 is 0 Å². The molecule has 0 N–H and O–H groups in total. The van der Waals surface area contributed by atoms with Crippen molar-refractivity contribution in [1.29, 1.82) is 0 Å². The Morgan fingerprint density at radius 3 is 2.82 bits per heavy atom. The van der Waals surface area contributed by atoms with Gasteiger partial charge in [0, 0.05) is 44.0 Å². The summed E-state index contributed by atoms with van der Waals surface area (Å²) in [6.45, 7) is 4.80. The van der Waals surface area contributed by atoms with Crippen LogP contribution >= 0.6 is 0 Å². The first kappa shape index (κ1) is 18.6. The molecule has 1 aliphatic heterocycles. The smallest absolute Gasteiger partial charge is 0.219 e. The van der Waals surface area contributed by atoms with Crippen molar-refractivity contribution in [1.82, 2.24) is 24.8 Å². The van der Waals surface area contributed by atoms with E-state index in [0.29, 0.717) is 13.1 Å². The van der Waals surface area contributed by atoms with Crippen LogP contribution in [0.2, 0.25) is 0 Å². The van der Waals surface area contributed by atoms with Crippen molar-refractivity contribution >= 4 is 17.0 Å². The summed E-state index contributed by atoms with van der Waals surface area (Å²) in [7, 11) is 0. The number of hydrogen-bond donors (Lipinski definition) is 0. The van der Waals surface area contributed by atoms with Crippen molar-refractivity contribution in [2.24, 2.45) is 0 Å². The molecule has 0 unspecified atom stereocenters. The number of nitrogens with zero attached hydrogens (tertiary/aromatic N) is 5. The lowest BCUT2D eigenvalue weighted by Gasteiger charge is -2.30. The number of para-hydroxylation sites is 2. The van der Waals surface area contributed by atoms with Crippen LogP contribution in [0.1, 0.15) is 37.6 Å². The van der Waals surface area contributed by atoms with Crippen LogP contribution in [-0.2, 0) is 17.9 Å². The lowest BCUT2D eigenvalue weighted by molar-refractivity contribution is -0.132. The molecule has 0 radical (unpaired) electrons. The number of aromatic nitrogens is 3. The van der Waals surface area contributed by atoms with Gasteiger partial charge >= 0.3 is 0 Å². The average Bonchev–Trinajstić information content (AvgIpc) is 2.97. The Hall–Kier alpha value is -2.80. The predicted octanol–water partition coefficient (Wildman–Crippen LogP) is 3.02. The van der Waals surface area contributed by atoms with E-state index in [4.69, 9.17) is 4.42 Å². The molecule has 4 rings (SSSR count). The van der Waals surface area contributed by atoms with Crippen LogP contribution in [0.4, 0.5) is 0 Å². The fourth-order valence-electron chi connectivity index (χ4n) is 3.89. The zero-order valence-electron chi connectivity index (χ0n) is 16.1. The van der Waals surface area contributed by atoms with Gasteiger partial charge in [-0.05, 0) is 37.9 Å². The van der Waals surface area contributed by atoms with Crippen LogP contribution in [-0.4, -0.2) is 49.8 Å². The quantitative estimate of drug-likeness (QED) is 0.678. The third kappa shape index (κ3) is 4.36. The zero-order valence-corrected chi connectivity index (χ0v) is 16.1. The number of rotatable bonds is 5. The lowest BCUT2D eigenvalue weighted by atomic mass is 10.1. The van der Waals surface area contributed by atoms with Gasteiger partial charge in [-0.25, -0.2) is 15.0 Å². The first-order chi connectivity index (χ1) is 13.7. The van der Waals surface area contributed by atoms with Crippen LogP contribution in [0.15, 0.2) is 47.4 Å². The summed E-state index contributed by atoms with van der Waals surface area (Å²) in [6.07, 6.45) is 8.04. The standard InChI is InChI=1S/C21H25N5O2/c1-16(27)26(13-17-11-22-15-23-12-17)18-5-4-9-25(10-8-18)14-21-24-19-6-2-3-7-20(19)28-21/h2-3,6-7,11-12,15,18H,4-5,8-10,13-14H2,1H3/t18-/m1/s1. The molecule has 1 atom stereocenters. The second kappa shape index (κ2) is 8.48. The van der Waals surface area contributed by atoms with Gasteiger partial charge in [-0.3, -0.25) is 9.69 Å². The van der Waals surface area contributed by atoms with E-state index in [1.165, 1.54) is 6.33 Å². The predicted molar refractivity (Wildman–Crippen MR) is 105 cm³/mol. The van der Waals surface area contributed by atoms with Crippen LogP contribution in [0.5, 0.6) is 0 Å². The van der Waals surface area contributed by atoms with Gasteiger partial charge in [0.25, 0.3) is 0 Å². The van der Waals surface area contributed by atoms with E-state index in [9.17, 15) is 4.79 Å². The summed E-state index contributed by atoms with van der Waals surface area (Å²) >= 11 is 0. The molecule has 0 saturated carbocycles. The summed E-state index contributed by atoms with van der Waals surface area (Å²) < 4.78 is 5.87. The Kier molecular flexibility index (Phi) is 5.62. The number of hydrogen-bond acceptors (Lipinski definition) is 6. The fraction of sp³-hybridized carbons (Fsp3) is 0.429. The van der Waals surface area contributed by atoms with Gasteiger partial charge in [-0.2, -0.15) is 0 Å². The van der Waals surface area contributed by atoms with Crippen LogP contribution in [0, 0.1) is 0 Å². The van der Waals surface area contributed by atoms with E-state index in [2.05, 4.69) is 19.9 Å². The molecule has 1 saturated heterocycles. The van der Waals surface area contributed by atoms with Gasteiger partial charge < -0.3 is 9.32 Å². The summed E-state index contributed by atoms with van der Waals surface area (Å²) in [5.41, 5.74) is 2.70. The highest BCUT2D eigenvalue weighted by Crippen LogP contribution is 2.22. The maximum atomic E-state index is 12.3. The van der Waals surface area contributed by atoms with Crippen LogP contribution in [0.25, 0.3) is 11.1 Å². The molecular weight excluding hydrogens is 354 g/mol. The van der Waals surface area contributed by atoms with E-state index in [1.54, 1.807) is 19.3 Å². The van der Waals surface area contributed by atoms with Crippen molar-refractivity contribution in [3.05, 3.63) is 54.4 Å². The number of fused-ring (bicyclic) bond motifs is 1. The number of carbonyl (C=O) groups excluding carboxylic acids is 1. The number of benzene rings is 1. The topological polar surface area (TPSA) is 75.4 Å². The molecule has 1 amide bonds. The summed E-state index contributed by atoms with van der Waals surface area (Å²) in [6, 6.07) is 8.08. The average molecular weight is 379 g/mol. The van der Waals surface area contributed by atoms with E-state index in [0.717, 1.165) is 54.9 Å². The van der Waals surface area contributed by atoms with Crippen molar-refractivity contribution in [3.63, 3.8) is 0 Å². The minimum Gasteiger partial charge on any atom is -0.439 e. The zero-order chi connectivity index (χ0) is 19.3. The molecule has 0 spiro atoms. The molecule has 2 aromatic heterocycles. The maximum absolute atomic E-state index is 12.3. The van der Waals surface area contributed by atoms with E-state index in [1.807, 2.05) is 29.2 Å². The third-order valence-electron chi connectivity index (χ3n) is 5.30. The minimum absolute atomic E-state index is 0.0984. The molecule has 7 nitrogen and oxygen atoms in total. The molecule has 28 heavy (non-hydrogen) atoms. The second-order valence-electron chi connectivity index (χ2n) is 7.33. The summed E-state index contributed by atoms with van der Waals surface area (Å²) in [5.74, 6) is 0.853. The molecule has 1 fully saturated rings. The fourth-order valence-corrected chi connectivity index (χ4v) is 3.89. The monoisotopic (exact) mass is 379 g/mol. The number of oxazole rings is 1. The van der Waals surface area contributed by atoms with Gasteiger partial charge in [-0.1, -0.05) is 12.1 Å². The Balaban J connectivity index is 1.39. The van der Waals surface area contributed by atoms with Crippen molar-refractivity contribution in [2.75, 3.05) is 13.1 Å². The molecule has 7 heteroatoms. The molecule has 3 aromatic rings. The van der Waals surface area contributed by atoms with Gasteiger partial charge in [0.05, 0.1) is 6.54 Å². The Morgan fingerprint density at radius 2 is 2.04 bits per heavy atom. The van der Waals surface area contributed by atoms with E-state index >= 15 is 0 Å². The van der Waals surface area contributed by atoms with Gasteiger partial charge in [0.1, 0.15) is 11.8 Å². The van der Waals surface area contributed by atoms with Gasteiger partial charge in [-0.15, -0.1) is 0 Å². The number of carbonyl (C=O) groups is 1. The first-order valence-electron chi connectivity index (χ1n) is 9.77. The van der Waals surface area contributed by atoms with Crippen molar-refractivity contribution < 1.29 is 9.21 Å². The number of likely N-dealkylation sites (tertiary alicyclic amines) is 1. The molecule has 146 valence electrons. The molecule has 0 aliphatic carbocycles. The van der Waals surface area contributed by atoms with Crippen molar-refractivity contribution in [3.8, 4) is 0 Å². The normalized spacial score (nSPS) is 18.1. The van der Waals surface area contributed by atoms with Gasteiger partial charge in [0.15, 0.2) is 5.58 Å². The van der Waals surface area contributed by atoms with Crippen molar-refractivity contribution in [2.45, 2.75) is 45.3 Å². The summed E-state index contributed by atoms with van der Waals surface area (Å²) in [5, 5.41) is 0.